The van der Waals surface area contributed by atoms with Crippen LogP contribution < -0.4 is 10.5 Å². The van der Waals surface area contributed by atoms with Gasteiger partial charge in [0.05, 0.1) is 12.2 Å². The van der Waals surface area contributed by atoms with Gasteiger partial charge in [0.25, 0.3) is 11.5 Å². The standard InChI is InChI=1S/C23H24N6O2/c30-22-10-9-20(26-29(22)16-17-5-2-1-3-6-17)23(31)28-13-11-27(12-14-28)21-15-18-7-4-8-19(18)24-25-21/h1-3,5-6,9-10,15H,4,7-8,11-14,16H2. The Morgan fingerprint density at radius 2 is 1.74 bits per heavy atom. The van der Waals surface area contributed by atoms with Crippen molar-refractivity contribution >= 4 is 11.7 Å². The lowest BCUT2D eigenvalue weighted by atomic mass is 10.2. The molecule has 2 aromatic heterocycles. The van der Waals surface area contributed by atoms with Crippen LogP contribution >= 0.6 is 0 Å². The van der Waals surface area contributed by atoms with Gasteiger partial charge in [-0.2, -0.15) is 10.2 Å². The van der Waals surface area contributed by atoms with Crippen LogP contribution in [0.1, 0.15) is 33.7 Å². The molecule has 0 atom stereocenters. The summed E-state index contributed by atoms with van der Waals surface area (Å²) in [5.74, 6) is 0.740. The number of anilines is 1. The van der Waals surface area contributed by atoms with Crippen molar-refractivity contribution in [3.63, 3.8) is 0 Å². The molecule has 8 heteroatoms. The average Bonchev–Trinajstić information content (AvgIpc) is 3.29. The summed E-state index contributed by atoms with van der Waals surface area (Å²) in [5.41, 5.74) is 3.45. The molecule has 0 unspecified atom stereocenters. The van der Waals surface area contributed by atoms with Crippen LogP contribution in [0.5, 0.6) is 0 Å². The first-order valence-electron chi connectivity index (χ1n) is 10.7. The minimum Gasteiger partial charge on any atom is -0.352 e. The maximum absolute atomic E-state index is 13.0. The molecule has 0 radical (unpaired) electrons. The van der Waals surface area contributed by atoms with Crippen LogP contribution in [-0.2, 0) is 19.4 Å². The number of hydrogen-bond donors (Lipinski definition) is 0. The van der Waals surface area contributed by atoms with Crippen molar-refractivity contribution in [1.82, 2.24) is 24.9 Å². The zero-order valence-electron chi connectivity index (χ0n) is 17.3. The Kier molecular flexibility index (Phi) is 5.19. The van der Waals surface area contributed by atoms with Gasteiger partial charge in [0, 0.05) is 32.2 Å². The van der Waals surface area contributed by atoms with Gasteiger partial charge in [-0.3, -0.25) is 9.59 Å². The zero-order chi connectivity index (χ0) is 21.2. The second-order valence-electron chi connectivity index (χ2n) is 8.01. The first kappa shape index (κ1) is 19.4. The summed E-state index contributed by atoms with van der Waals surface area (Å²) >= 11 is 0. The number of aromatic nitrogens is 4. The van der Waals surface area contributed by atoms with E-state index in [1.54, 1.807) is 4.90 Å². The van der Waals surface area contributed by atoms with Crippen molar-refractivity contribution in [1.29, 1.82) is 0 Å². The molecule has 1 amide bonds. The second kappa shape index (κ2) is 8.29. The Labute approximate surface area is 180 Å². The third-order valence-corrected chi connectivity index (χ3v) is 5.96. The number of fused-ring (bicyclic) bond motifs is 1. The fourth-order valence-electron chi connectivity index (χ4n) is 4.20. The maximum atomic E-state index is 13.0. The Morgan fingerprint density at radius 1 is 0.935 bits per heavy atom. The lowest BCUT2D eigenvalue weighted by Crippen LogP contribution is -2.49. The molecule has 1 aromatic carbocycles. The zero-order valence-corrected chi connectivity index (χ0v) is 17.3. The molecule has 0 spiro atoms. The molecule has 0 bridgehead atoms. The maximum Gasteiger partial charge on any atom is 0.274 e. The monoisotopic (exact) mass is 416 g/mol. The lowest BCUT2D eigenvalue weighted by Gasteiger charge is -2.35. The summed E-state index contributed by atoms with van der Waals surface area (Å²) in [6.45, 7) is 2.89. The number of carbonyl (C=O) groups is 1. The van der Waals surface area contributed by atoms with Gasteiger partial charge in [-0.15, -0.1) is 5.10 Å². The molecule has 8 nitrogen and oxygen atoms in total. The van der Waals surface area contributed by atoms with E-state index < -0.39 is 0 Å². The van der Waals surface area contributed by atoms with Crippen LogP contribution in [-0.4, -0.2) is 57.0 Å². The third-order valence-electron chi connectivity index (χ3n) is 5.96. The molecule has 3 aromatic rings. The molecule has 1 aliphatic heterocycles. The van der Waals surface area contributed by atoms with E-state index >= 15 is 0 Å². The third kappa shape index (κ3) is 4.05. The van der Waals surface area contributed by atoms with Crippen LogP contribution in [0.3, 0.4) is 0 Å². The SMILES string of the molecule is O=C(c1ccc(=O)n(Cc2ccccc2)n1)N1CCN(c2cc3c(nn2)CCC3)CC1. The summed E-state index contributed by atoms with van der Waals surface area (Å²) in [4.78, 5) is 29.2. The first-order chi connectivity index (χ1) is 15.2. The molecule has 1 aliphatic carbocycles. The van der Waals surface area contributed by atoms with Gasteiger partial charge in [-0.05, 0) is 42.5 Å². The number of benzene rings is 1. The Hall–Kier alpha value is -3.55. The fraction of sp³-hybridized carbons (Fsp3) is 0.348. The summed E-state index contributed by atoms with van der Waals surface area (Å²) in [5, 5.41) is 13.1. The highest BCUT2D eigenvalue weighted by molar-refractivity contribution is 5.92. The molecular weight excluding hydrogens is 392 g/mol. The molecule has 31 heavy (non-hydrogen) atoms. The number of amides is 1. The normalized spacial score (nSPS) is 15.7. The molecule has 158 valence electrons. The smallest absolute Gasteiger partial charge is 0.274 e. The van der Waals surface area contributed by atoms with E-state index in [0.29, 0.717) is 38.4 Å². The van der Waals surface area contributed by atoms with E-state index in [2.05, 4.69) is 26.3 Å². The van der Waals surface area contributed by atoms with Crippen molar-refractivity contribution in [2.45, 2.75) is 25.8 Å². The van der Waals surface area contributed by atoms with Crippen LogP contribution in [0.4, 0.5) is 5.82 Å². The Bertz CT molecular complexity index is 1150. The van der Waals surface area contributed by atoms with Gasteiger partial charge in [0.2, 0.25) is 0 Å². The molecule has 3 heterocycles. The number of carbonyl (C=O) groups excluding carboxylic acids is 1. The van der Waals surface area contributed by atoms with Crippen LogP contribution in [0.2, 0.25) is 0 Å². The molecule has 1 fully saturated rings. The largest absolute Gasteiger partial charge is 0.352 e. The van der Waals surface area contributed by atoms with Gasteiger partial charge >= 0.3 is 0 Å². The van der Waals surface area contributed by atoms with E-state index in [0.717, 1.165) is 36.3 Å². The quantitative estimate of drug-likeness (QED) is 0.641. The van der Waals surface area contributed by atoms with Crippen LogP contribution in [0.15, 0.2) is 53.3 Å². The number of aryl methyl sites for hydroxylation is 2. The number of nitrogens with zero attached hydrogens (tertiary/aromatic N) is 6. The summed E-state index contributed by atoms with van der Waals surface area (Å²) < 4.78 is 1.35. The van der Waals surface area contributed by atoms with Crippen molar-refractivity contribution in [2.24, 2.45) is 0 Å². The molecule has 2 aliphatic rings. The number of rotatable bonds is 4. The second-order valence-corrected chi connectivity index (χ2v) is 8.01. The van der Waals surface area contributed by atoms with Gasteiger partial charge in [-0.1, -0.05) is 30.3 Å². The highest BCUT2D eigenvalue weighted by Crippen LogP contribution is 2.23. The van der Waals surface area contributed by atoms with Crippen molar-refractivity contribution in [3.8, 4) is 0 Å². The Balaban J connectivity index is 1.26. The van der Waals surface area contributed by atoms with E-state index in [4.69, 9.17) is 0 Å². The highest BCUT2D eigenvalue weighted by atomic mass is 16.2. The molecule has 0 N–H and O–H groups in total. The summed E-state index contributed by atoms with van der Waals surface area (Å²) in [6.07, 6.45) is 3.24. The summed E-state index contributed by atoms with van der Waals surface area (Å²) in [6, 6.07) is 14.7. The fourth-order valence-corrected chi connectivity index (χ4v) is 4.20. The van der Waals surface area contributed by atoms with Crippen LogP contribution in [0, 0.1) is 0 Å². The summed E-state index contributed by atoms with van der Waals surface area (Å²) in [7, 11) is 0. The predicted octanol–water partition coefficient (Wildman–Crippen LogP) is 1.53. The van der Waals surface area contributed by atoms with Gasteiger partial charge in [0.1, 0.15) is 5.69 Å². The van der Waals surface area contributed by atoms with Crippen molar-refractivity contribution in [2.75, 3.05) is 31.1 Å². The lowest BCUT2D eigenvalue weighted by molar-refractivity contribution is 0.0737. The predicted molar refractivity (Wildman–Crippen MR) is 116 cm³/mol. The Morgan fingerprint density at radius 3 is 2.55 bits per heavy atom. The molecule has 0 saturated carbocycles. The van der Waals surface area contributed by atoms with Crippen molar-refractivity contribution < 1.29 is 4.79 Å². The topological polar surface area (TPSA) is 84.2 Å². The van der Waals surface area contributed by atoms with Crippen LogP contribution in [0.25, 0.3) is 0 Å². The van der Waals surface area contributed by atoms with Gasteiger partial charge < -0.3 is 9.80 Å². The van der Waals surface area contributed by atoms with Gasteiger partial charge in [0.15, 0.2) is 5.82 Å². The minimum atomic E-state index is -0.222. The van der Waals surface area contributed by atoms with Gasteiger partial charge in [-0.25, -0.2) is 4.68 Å². The first-order valence-corrected chi connectivity index (χ1v) is 10.7. The highest BCUT2D eigenvalue weighted by Gasteiger charge is 2.25. The minimum absolute atomic E-state index is 0.151. The van der Waals surface area contributed by atoms with E-state index in [1.165, 1.54) is 22.4 Å². The number of piperazine rings is 1. The number of hydrogen-bond acceptors (Lipinski definition) is 6. The molecule has 5 rings (SSSR count). The molecule has 1 saturated heterocycles. The average molecular weight is 416 g/mol. The molecular formula is C23H24N6O2. The van der Waals surface area contributed by atoms with Crippen molar-refractivity contribution in [3.05, 3.63) is 81.4 Å². The van der Waals surface area contributed by atoms with E-state index in [1.807, 2.05) is 30.3 Å². The van der Waals surface area contributed by atoms with E-state index in [9.17, 15) is 9.59 Å². The van der Waals surface area contributed by atoms with E-state index in [-0.39, 0.29) is 11.5 Å².